The molecule has 78 valence electrons. The number of halogens is 1. The van der Waals surface area contributed by atoms with Crippen LogP contribution in [0.15, 0.2) is 24.3 Å². The van der Waals surface area contributed by atoms with Crippen molar-refractivity contribution in [2.24, 2.45) is 0 Å². The van der Waals surface area contributed by atoms with Crippen LogP contribution in [0.2, 0.25) is 0 Å². The number of rotatable bonds is 4. The average molecular weight is 264 g/mol. The van der Waals surface area contributed by atoms with Crippen molar-refractivity contribution in [1.82, 2.24) is 5.53 Å². The molecule has 1 rings (SSSR count). The molecule has 0 aliphatic rings. The Morgan fingerprint density at radius 1 is 1.43 bits per heavy atom. The number of anilines is 1. The largest absolute Gasteiger partial charge is 0.495 e. The maximum Gasteiger partial charge on any atom is 0.178 e. The van der Waals surface area contributed by atoms with Crippen molar-refractivity contribution in [2.45, 2.75) is 0 Å². The van der Waals surface area contributed by atoms with Crippen molar-refractivity contribution in [1.29, 1.82) is 0 Å². The normalized spacial score (nSPS) is 8.36. The number of nitro groups is 1. The number of hydrogen-bond donors (Lipinski definition) is 2. The van der Waals surface area contributed by atoms with Crippen LogP contribution in [0, 0.1) is 10.1 Å². The lowest BCUT2D eigenvalue weighted by Gasteiger charge is -2.07. The van der Waals surface area contributed by atoms with E-state index in [-0.39, 0.29) is 17.0 Å². The molecule has 0 aliphatic heterocycles. The number of hydrogen-bond acceptors (Lipinski definition) is 4. The van der Waals surface area contributed by atoms with Crippen LogP contribution in [0.3, 0.4) is 0 Å². The van der Waals surface area contributed by atoms with Crippen LogP contribution in [0.5, 0.6) is 5.75 Å². The van der Waals surface area contributed by atoms with Crippen LogP contribution in [-0.4, -0.2) is 12.1 Å². The summed E-state index contributed by atoms with van der Waals surface area (Å²) in [6.45, 7) is 0. The predicted octanol–water partition coefficient (Wildman–Crippen LogP) is 1.38. The molecule has 0 aromatic heterocycles. The molecule has 0 aliphatic carbocycles. The molecule has 2 N–H and O–H groups in total. The van der Waals surface area contributed by atoms with Gasteiger partial charge in [-0.15, -0.1) is 17.0 Å². The van der Waals surface area contributed by atoms with Gasteiger partial charge in [-0.25, -0.2) is 15.5 Å². The molecule has 0 amide bonds. The second-order valence-electron chi connectivity index (χ2n) is 2.19. The van der Waals surface area contributed by atoms with E-state index < -0.39 is 5.03 Å². The van der Waals surface area contributed by atoms with E-state index in [4.69, 9.17) is 4.74 Å². The Morgan fingerprint density at radius 2 is 2.07 bits per heavy atom. The molecule has 0 unspecified atom stereocenters. The standard InChI is InChI=1S/C7H9N3O3.BrH/c1-13-7-5-3-2-4-6(7)8-9-10(11)12;/h2-5,8-9H,1H3;1H. The van der Waals surface area contributed by atoms with E-state index in [1.165, 1.54) is 7.11 Å². The van der Waals surface area contributed by atoms with Gasteiger partial charge in [-0.3, -0.25) is 0 Å². The molecule has 0 bridgehead atoms. The van der Waals surface area contributed by atoms with E-state index >= 15 is 0 Å². The van der Waals surface area contributed by atoms with E-state index in [0.29, 0.717) is 11.4 Å². The van der Waals surface area contributed by atoms with Crippen molar-refractivity contribution in [3.63, 3.8) is 0 Å². The summed E-state index contributed by atoms with van der Waals surface area (Å²) in [4.78, 5) is 9.96. The van der Waals surface area contributed by atoms with E-state index in [1.54, 1.807) is 24.3 Å². The quantitative estimate of drug-likeness (QED) is 0.634. The SMILES string of the molecule is Br.COc1ccccc1NN[N+](=O)[O-]. The van der Waals surface area contributed by atoms with Gasteiger partial charge >= 0.3 is 0 Å². The maximum absolute atomic E-state index is 9.96. The molecule has 0 saturated heterocycles. The fraction of sp³-hybridized carbons (Fsp3) is 0.143. The molecule has 0 atom stereocenters. The first-order valence-electron chi connectivity index (χ1n) is 3.53. The van der Waals surface area contributed by atoms with E-state index in [0.717, 1.165) is 0 Å². The first-order valence-corrected chi connectivity index (χ1v) is 3.53. The van der Waals surface area contributed by atoms with Gasteiger partial charge in [0, 0.05) is 0 Å². The van der Waals surface area contributed by atoms with E-state index in [9.17, 15) is 10.1 Å². The summed E-state index contributed by atoms with van der Waals surface area (Å²) in [5, 5.41) is 9.28. The molecule has 7 heteroatoms. The highest BCUT2D eigenvalue weighted by Gasteiger charge is 2.01. The molecule has 0 radical (unpaired) electrons. The van der Waals surface area contributed by atoms with Gasteiger partial charge in [-0.05, 0) is 17.7 Å². The number of nitrogens with one attached hydrogen (secondary N) is 2. The number of nitrogens with zero attached hydrogens (tertiary/aromatic N) is 1. The van der Waals surface area contributed by atoms with Gasteiger partial charge in [0.05, 0.1) is 7.11 Å². The van der Waals surface area contributed by atoms with Crippen molar-refractivity contribution < 1.29 is 9.77 Å². The zero-order valence-corrected chi connectivity index (χ0v) is 9.10. The molecular formula is C7H10BrN3O3. The van der Waals surface area contributed by atoms with Crippen molar-refractivity contribution in [2.75, 3.05) is 12.5 Å². The first kappa shape index (κ1) is 12.5. The zero-order chi connectivity index (χ0) is 9.68. The summed E-state index contributed by atoms with van der Waals surface area (Å²) in [5.41, 5.74) is 4.73. The number of para-hydroxylation sites is 2. The monoisotopic (exact) mass is 263 g/mol. The molecule has 0 saturated carbocycles. The molecule has 0 fully saturated rings. The third kappa shape index (κ3) is 3.48. The Labute approximate surface area is 91.1 Å². The number of ether oxygens (including phenoxy) is 1. The second-order valence-corrected chi connectivity index (χ2v) is 2.19. The Bertz CT molecular complexity index is 308. The fourth-order valence-electron chi connectivity index (χ4n) is 0.854. The van der Waals surface area contributed by atoms with Crippen LogP contribution in [-0.2, 0) is 0 Å². The van der Waals surface area contributed by atoms with Crippen LogP contribution >= 0.6 is 17.0 Å². The molecule has 14 heavy (non-hydrogen) atoms. The summed E-state index contributed by atoms with van der Waals surface area (Å²) in [6, 6.07) is 6.88. The summed E-state index contributed by atoms with van der Waals surface area (Å²) in [7, 11) is 1.49. The average Bonchev–Trinajstić information content (AvgIpc) is 2.15. The molecular weight excluding hydrogens is 254 g/mol. The second kappa shape index (κ2) is 6.03. The topological polar surface area (TPSA) is 76.4 Å². The van der Waals surface area contributed by atoms with Gasteiger partial charge < -0.3 is 4.74 Å². The molecule has 0 spiro atoms. The lowest BCUT2D eigenvalue weighted by Crippen LogP contribution is -2.28. The maximum atomic E-state index is 9.96. The van der Waals surface area contributed by atoms with Gasteiger partial charge in [0.15, 0.2) is 5.03 Å². The van der Waals surface area contributed by atoms with Crippen LogP contribution in [0.25, 0.3) is 0 Å². The summed E-state index contributed by atoms with van der Waals surface area (Å²) < 4.78 is 4.95. The lowest BCUT2D eigenvalue weighted by molar-refractivity contribution is -0.538. The molecule has 1 aromatic carbocycles. The Kier molecular flexibility index (Phi) is 5.38. The van der Waals surface area contributed by atoms with E-state index in [1.807, 2.05) is 5.53 Å². The third-order valence-corrected chi connectivity index (χ3v) is 1.39. The Balaban J connectivity index is 0.00000169. The van der Waals surface area contributed by atoms with Gasteiger partial charge in [0.25, 0.3) is 0 Å². The number of hydrazine groups is 2. The van der Waals surface area contributed by atoms with Crippen molar-refractivity contribution in [3.8, 4) is 5.75 Å². The molecule has 6 nitrogen and oxygen atoms in total. The van der Waals surface area contributed by atoms with Crippen LogP contribution in [0.1, 0.15) is 0 Å². The lowest BCUT2D eigenvalue weighted by atomic mass is 10.3. The minimum Gasteiger partial charge on any atom is -0.495 e. The van der Waals surface area contributed by atoms with Crippen LogP contribution in [0.4, 0.5) is 5.69 Å². The van der Waals surface area contributed by atoms with Gasteiger partial charge in [0.2, 0.25) is 0 Å². The first-order chi connectivity index (χ1) is 6.24. The van der Waals surface area contributed by atoms with Gasteiger partial charge in [0.1, 0.15) is 11.4 Å². The highest BCUT2D eigenvalue weighted by atomic mass is 79.9. The van der Waals surface area contributed by atoms with Crippen LogP contribution < -0.4 is 15.7 Å². The smallest absolute Gasteiger partial charge is 0.178 e. The van der Waals surface area contributed by atoms with Gasteiger partial charge in [-0.2, -0.15) is 0 Å². The molecule has 1 aromatic rings. The van der Waals surface area contributed by atoms with Gasteiger partial charge in [-0.1, -0.05) is 12.1 Å². The highest BCUT2D eigenvalue weighted by Crippen LogP contribution is 2.21. The number of methoxy groups -OCH3 is 1. The summed E-state index contributed by atoms with van der Waals surface area (Å²) >= 11 is 0. The van der Waals surface area contributed by atoms with E-state index in [2.05, 4.69) is 5.43 Å². The third-order valence-electron chi connectivity index (χ3n) is 1.39. The highest BCUT2D eigenvalue weighted by molar-refractivity contribution is 8.93. The minimum absolute atomic E-state index is 0. The predicted molar refractivity (Wildman–Crippen MR) is 57.1 cm³/mol. The summed E-state index contributed by atoms with van der Waals surface area (Å²) in [5.74, 6) is 0.539. The Hall–Kier alpha value is -1.50. The van der Waals surface area contributed by atoms with Crippen molar-refractivity contribution in [3.05, 3.63) is 34.4 Å². The Morgan fingerprint density at radius 3 is 2.64 bits per heavy atom. The fourth-order valence-corrected chi connectivity index (χ4v) is 0.854. The minimum atomic E-state index is -0.688. The zero-order valence-electron chi connectivity index (χ0n) is 7.39. The molecule has 0 heterocycles. The van der Waals surface area contributed by atoms with Crippen molar-refractivity contribution >= 4 is 22.7 Å². The summed E-state index contributed by atoms with van der Waals surface area (Å²) in [6.07, 6.45) is 0. The number of benzene rings is 1.